The molecule has 0 saturated carbocycles. The van der Waals surface area contributed by atoms with Crippen molar-refractivity contribution in [2.24, 2.45) is 16.0 Å². The van der Waals surface area contributed by atoms with Crippen LogP contribution in [0.5, 0.6) is 0 Å². The van der Waals surface area contributed by atoms with Crippen LogP contribution in [0.25, 0.3) is 0 Å². The molecule has 1 atom stereocenters. The molecule has 2 aliphatic rings. The van der Waals surface area contributed by atoms with Crippen LogP contribution < -0.4 is 0 Å². The van der Waals surface area contributed by atoms with Gasteiger partial charge in [-0.1, -0.05) is 44.9 Å². The van der Waals surface area contributed by atoms with Crippen LogP contribution >= 0.6 is 31.9 Å². The summed E-state index contributed by atoms with van der Waals surface area (Å²) in [4.78, 5) is 16.1. The third-order valence-electron chi connectivity index (χ3n) is 3.04. The largest absolute Gasteiger partial charge is 0.568 e. The van der Waals surface area contributed by atoms with Gasteiger partial charge in [-0.05, 0) is 45.7 Å². The molecule has 0 saturated heterocycles. The summed E-state index contributed by atoms with van der Waals surface area (Å²) in [5.41, 5.74) is 0.687. The quantitative estimate of drug-likeness (QED) is 0.651. The number of hydrogen-bond donors (Lipinski definition) is 0. The van der Waals surface area contributed by atoms with Crippen LogP contribution in [0.15, 0.2) is 61.6 Å². The molecule has 4 nitrogen and oxygen atoms in total. The summed E-state index contributed by atoms with van der Waals surface area (Å²) in [6, 6.07) is 5.21. The van der Waals surface area contributed by atoms with Crippen LogP contribution in [-0.2, 0) is 0 Å². The van der Waals surface area contributed by atoms with Crippen LogP contribution in [0.4, 0.5) is 10.5 Å². The molecule has 0 N–H and O–H groups in total. The lowest BCUT2D eigenvalue weighted by Gasteiger charge is -2.04. The molecule has 1 aromatic carbocycles. The van der Waals surface area contributed by atoms with E-state index in [1.807, 2.05) is 42.5 Å². The van der Waals surface area contributed by atoms with Gasteiger partial charge < -0.3 is 0 Å². The first-order chi connectivity index (χ1) is 9.65. The second-order valence-electron chi connectivity index (χ2n) is 4.42. The highest BCUT2D eigenvalue weighted by Gasteiger charge is 2.35. The summed E-state index contributed by atoms with van der Waals surface area (Å²) in [5, 5.41) is 4.36. The van der Waals surface area contributed by atoms with Gasteiger partial charge in [0, 0.05) is 9.47 Å². The smallest absolute Gasteiger partial charge is 0.191 e. The third kappa shape index (κ3) is 2.58. The SMILES string of the molecule is O=C1N=C(C2C=CC=CC2)N=[N+]1c1ccc(Br)cc1Br. The predicted molar refractivity (Wildman–Crippen MR) is 83.4 cm³/mol. The summed E-state index contributed by atoms with van der Waals surface area (Å²) in [7, 11) is 0. The van der Waals surface area contributed by atoms with Gasteiger partial charge in [0.2, 0.25) is 0 Å². The van der Waals surface area contributed by atoms with Gasteiger partial charge >= 0.3 is 6.03 Å². The molecule has 2 amide bonds. The van der Waals surface area contributed by atoms with Crippen LogP contribution in [0.3, 0.4) is 0 Å². The normalized spacial score (nSPS) is 21.1. The Morgan fingerprint density at radius 3 is 2.80 bits per heavy atom. The summed E-state index contributed by atoms with van der Waals surface area (Å²) >= 11 is 6.83. The number of amidine groups is 1. The number of hydrogen-bond acceptors (Lipinski definition) is 2. The summed E-state index contributed by atoms with van der Waals surface area (Å²) in [6.07, 6.45) is 8.81. The fraction of sp³-hybridized carbons (Fsp3) is 0.143. The van der Waals surface area contributed by atoms with E-state index < -0.39 is 0 Å². The van der Waals surface area contributed by atoms with Gasteiger partial charge in [-0.15, -0.1) is 0 Å². The summed E-state index contributed by atoms with van der Waals surface area (Å²) in [6.45, 7) is 0. The fourth-order valence-electron chi connectivity index (χ4n) is 2.05. The number of aliphatic imine (C=N–C) groups is 1. The van der Waals surface area contributed by atoms with Crippen LogP contribution in [-0.4, -0.2) is 16.6 Å². The van der Waals surface area contributed by atoms with Crippen molar-refractivity contribution in [3.8, 4) is 0 Å². The number of carbonyl (C=O) groups excluding carboxylic acids is 1. The molecule has 0 aromatic heterocycles. The van der Waals surface area contributed by atoms with Crippen molar-refractivity contribution in [1.29, 1.82) is 0 Å². The lowest BCUT2D eigenvalue weighted by molar-refractivity contribution is -0.396. The molecule has 1 heterocycles. The Morgan fingerprint density at radius 1 is 1.25 bits per heavy atom. The monoisotopic (exact) mass is 394 g/mol. The van der Waals surface area contributed by atoms with Crippen LogP contribution in [0.1, 0.15) is 6.42 Å². The fourth-order valence-corrected chi connectivity index (χ4v) is 3.27. The number of urea groups is 1. The van der Waals surface area contributed by atoms with Crippen LogP contribution in [0.2, 0.25) is 0 Å². The highest BCUT2D eigenvalue weighted by atomic mass is 79.9. The lowest BCUT2D eigenvalue weighted by atomic mass is 10.0. The van der Waals surface area contributed by atoms with E-state index in [0.29, 0.717) is 11.5 Å². The van der Waals surface area contributed by atoms with Gasteiger partial charge in [0.05, 0.1) is 10.4 Å². The van der Waals surface area contributed by atoms with Gasteiger partial charge in [0.25, 0.3) is 5.84 Å². The van der Waals surface area contributed by atoms with Crippen molar-refractivity contribution in [3.63, 3.8) is 0 Å². The van der Waals surface area contributed by atoms with E-state index in [0.717, 1.165) is 15.4 Å². The standard InChI is InChI=1S/C14H10Br2N3O/c15-10-6-7-12(11(16)8-10)19-14(20)17-13(18-19)9-4-2-1-3-5-9/h1-4,6-9H,5H2/q+1. The Hall–Kier alpha value is -1.40. The zero-order valence-corrected chi connectivity index (χ0v) is 13.5. The van der Waals surface area contributed by atoms with Crippen molar-refractivity contribution in [1.82, 2.24) is 0 Å². The second kappa shape index (κ2) is 5.54. The number of benzene rings is 1. The number of carbonyl (C=O) groups is 1. The molecule has 1 unspecified atom stereocenters. The average Bonchev–Trinajstić information content (AvgIpc) is 2.82. The minimum atomic E-state index is -0.356. The highest BCUT2D eigenvalue weighted by molar-refractivity contribution is 9.11. The first kappa shape index (κ1) is 13.6. The lowest BCUT2D eigenvalue weighted by Crippen LogP contribution is -2.09. The van der Waals surface area contributed by atoms with Gasteiger partial charge in [-0.3, -0.25) is 0 Å². The minimum Gasteiger partial charge on any atom is -0.191 e. The van der Waals surface area contributed by atoms with Crippen molar-refractivity contribution in [2.75, 3.05) is 0 Å². The minimum absolute atomic E-state index is 0.0724. The Kier molecular flexibility index (Phi) is 3.76. The van der Waals surface area contributed by atoms with Crippen molar-refractivity contribution in [2.45, 2.75) is 6.42 Å². The first-order valence-corrected chi connectivity index (χ1v) is 7.66. The van der Waals surface area contributed by atoms with Crippen molar-refractivity contribution in [3.05, 3.63) is 51.4 Å². The predicted octanol–water partition coefficient (Wildman–Crippen LogP) is 4.97. The number of nitrogens with zero attached hydrogens (tertiary/aromatic N) is 3. The highest BCUT2D eigenvalue weighted by Crippen LogP contribution is 2.31. The number of halogens is 2. The molecule has 1 aromatic rings. The number of rotatable bonds is 2. The molecular formula is C14H10Br2N3O+. The average molecular weight is 396 g/mol. The molecular weight excluding hydrogens is 386 g/mol. The Labute approximate surface area is 132 Å². The van der Waals surface area contributed by atoms with E-state index >= 15 is 0 Å². The molecule has 1 aliphatic carbocycles. The Bertz CT molecular complexity index is 704. The van der Waals surface area contributed by atoms with Gasteiger partial charge in [-0.25, -0.2) is 0 Å². The van der Waals surface area contributed by atoms with Gasteiger partial charge in [0.1, 0.15) is 0 Å². The molecule has 0 radical (unpaired) electrons. The molecule has 6 heteroatoms. The first-order valence-electron chi connectivity index (χ1n) is 6.08. The number of allylic oxidation sites excluding steroid dienone is 3. The maximum absolute atomic E-state index is 12.0. The van der Waals surface area contributed by atoms with Gasteiger partial charge in [-0.2, -0.15) is 4.79 Å². The zero-order valence-electron chi connectivity index (χ0n) is 10.3. The van der Waals surface area contributed by atoms with Gasteiger partial charge in [0.15, 0.2) is 5.69 Å². The topological polar surface area (TPSA) is 44.8 Å². The molecule has 0 bridgehead atoms. The molecule has 0 spiro atoms. The maximum Gasteiger partial charge on any atom is 0.568 e. The summed E-state index contributed by atoms with van der Waals surface area (Å²) in [5.74, 6) is 0.633. The molecule has 3 rings (SSSR count). The van der Waals surface area contributed by atoms with E-state index in [1.165, 1.54) is 4.70 Å². The molecule has 0 fully saturated rings. The Balaban J connectivity index is 1.94. The second-order valence-corrected chi connectivity index (χ2v) is 6.19. The molecule has 100 valence electrons. The van der Waals surface area contributed by atoms with Crippen molar-refractivity contribution < 1.29 is 9.49 Å². The van der Waals surface area contributed by atoms with E-state index in [9.17, 15) is 4.79 Å². The number of amides is 2. The molecule has 1 aliphatic heterocycles. The van der Waals surface area contributed by atoms with E-state index in [4.69, 9.17) is 0 Å². The van der Waals surface area contributed by atoms with E-state index in [2.05, 4.69) is 42.0 Å². The maximum atomic E-state index is 12.0. The Morgan fingerprint density at radius 2 is 2.10 bits per heavy atom. The third-order valence-corrected chi connectivity index (χ3v) is 4.17. The summed E-state index contributed by atoms with van der Waals surface area (Å²) < 4.78 is 3.05. The van der Waals surface area contributed by atoms with Crippen molar-refractivity contribution >= 4 is 49.4 Å². The number of azo groups is 2. The van der Waals surface area contributed by atoms with Crippen LogP contribution in [0, 0.1) is 5.92 Å². The van der Waals surface area contributed by atoms with E-state index in [1.54, 1.807) is 0 Å². The molecule has 20 heavy (non-hydrogen) atoms. The van der Waals surface area contributed by atoms with E-state index in [-0.39, 0.29) is 11.9 Å². The zero-order chi connectivity index (χ0) is 14.1.